The second-order valence-electron chi connectivity index (χ2n) is 5.50. The van der Waals surface area contributed by atoms with Crippen LogP contribution < -0.4 is 15.4 Å². The van der Waals surface area contributed by atoms with Gasteiger partial charge in [0.25, 0.3) is 0 Å². The zero-order valence-electron chi connectivity index (χ0n) is 14.7. The van der Waals surface area contributed by atoms with Crippen molar-refractivity contribution < 1.29 is 13.9 Å². The number of methoxy groups -OCH3 is 1. The molecule has 2 N–H and O–H groups in total. The molecule has 6 nitrogen and oxygen atoms in total. The molecule has 0 fully saturated rings. The second-order valence-corrected chi connectivity index (χ2v) is 8.25. The number of ether oxygens (including phenoxy) is 1. The SMILES string of the molecule is COc1ccc(Cl)cc1NC(=O)CCSc1nnc(Nc2ccc(F)cc2)s1. The number of hydrogen-bond acceptors (Lipinski definition) is 7. The van der Waals surface area contributed by atoms with Crippen molar-refractivity contribution in [3.8, 4) is 5.75 Å². The Balaban J connectivity index is 1.47. The maximum Gasteiger partial charge on any atom is 0.225 e. The number of thioether (sulfide) groups is 1. The Kier molecular flexibility index (Phi) is 7.07. The molecule has 3 rings (SSSR count). The molecule has 0 bridgehead atoms. The van der Waals surface area contributed by atoms with Crippen LogP contribution in [0.4, 0.5) is 20.9 Å². The van der Waals surface area contributed by atoms with E-state index >= 15 is 0 Å². The minimum atomic E-state index is -0.298. The number of aromatic nitrogens is 2. The van der Waals surface area contributed by atoms with Gasteiger partial charge in [0.2, 0.25) is 11.0 Å². The number of rotatable bonds is 8. The fourth-order valence-corrected chi connectivity index (χ4v) is 4.15. The van der Waals surface area contributed by atoms with E-state index in [1.165, 1.54) is 42.3 Å². The third-order valence-corrected chi connectivity index (χ3v) is 5.70. The number of benzene rings is 2. The minimum absolute atomic E-state index is 0.151. The highest BCUT2D eigenvalue weighted by atomic mass is 35.5. The summed E-state index contributed by atoms with van der Waals surface area (Å²) in [6, 6.07) is 11.0. The van der Waals surface area contributed by atoms with Crippen molar-refractivity contribution in [3.63, 3.8) is 0 Å². The lowest BCUT2D eigenvalue weighted by atomic mass is 10.3. The number of nitrogens with zero attached hydrogens (tertiary/aromatic N) is 2. The van der Waals surface area contributed by atoms with E-state index in [0.717, 1.165) is 10.0 Å². The normalized spacial score (nSPS) is 10.5. The van der Waals surface area contributed by atoms with Gasteiger partial charge in [0, 0.05) is 22.9 Å². The smallest absolute Gasteiger partial charge is 0.225 e. The molecule has 0 aliphatic carbocycles. The van der Waals surface area contributed by atoms with Crippen molar-refractivity contribution in [2.75, 3.05) is 23.5 Å². The van der Waals surface area contributed by atoms with Crippen LogP contribution in [0.2, 0.25) is 5.02 Å². The average Bonchev–Trinajstić information content (AvgIpc) is 3.11. The van der Waals surface area contributed by atoms with E-state index in [-0.39, 0.29) is 11.7 Å². The van der Waals surface area contributed by atoms with Crippen LogP contribution in [-0.2, 0) is 4.79 Å². The first-order valence-corrected chi connectivity index (χ1v) is 10.3. The van der Waals surface area contributed by atoms with Gasteiger partial charge < -0.3 is 15.4 Å². The third-order valence-electron chi connectivity index (χ3n) is 3.49. The molecule has 0 radical (unpaired) electrons. The number of halogens is 2. The molecule has 1 amide bonds. The first kappa shape index (κ1) is 20.4. The van der Waals surface area contributed by atoms with Gasteiger partial charge in [-0.25, -0.2) is 4.39 Å². The van der Waals surface area contributed by atoms with E-state index in [2.05, 4.69) is 20.8 Å². The van der Waals surface area contributed by atoms with Crippen molar-refractivity contribution in [1.82, 2.24) is 10.2 Å². The van der Waals surface area contributed by atoms with Crippen molar-refractivity contribution >= 4 is 57.1 Å². The van der Waals surface area contributed by atoms with E-state index in [4.69, 9.17) is 16.3 Å². The highest BCUT2D eigenvalue weighted by Crippen LogP contribution is 2.29. The Morgan fingerprint density at radius 3 is 2.79 bits per heavy atom. The summed E-state index contributed by atoms with van der Waals surface area (Å²) in [6.45, 7) is 0. The molecule has 0 aliphatic rings. The summed E-state index contributed by atoms with van der Waals surface area (Å²) >= 11 is 8.76. The van der Waals surface area contributed by atoms with E-state index < -0.39 is 0 Å². The topological polar surface area (TPSA) is 76.1 Å². The van der Waals surface area contributed by atoms with Gasteiger partial charge in [-0.05, 0) is 42.5 Å². The van der Waals surface area contributed by atoms with Crippen LogP contribution in [0.25, 0.3) is 0 Å². The highest BCUT2D eigenvalue weighted by Gasteiger charge is 2.10. The first-order chi connectivity index (χ1) is 13.5. The van der Waals surface area contributed by atoms with Crippen molar-refractivity contribution in [3.05, 3.63) is 53.3 Å². The standard InChI is InChI=1S/C18H16ClFN4O2S2/c1-26-15-7-2-11(19)10-14(15)22-16(25)8-9-27-18-24-23-17(28-18)21-13-5-3-12(20)4-6-13/h2-7,10H,8-9H2,1H3,(H,21,23)(H,22,25). The third kappa shape index (κ3) is 5.82. The van der Waals surface area contributed by atoms with Crippen LogP contribution in [0.15, 0.2) is 46.8 Å². The molecule has 0 saturated carbocycles. The number of carbonyl (C=O) groups is 1. The summed E-state index contributed by atoms with van der Waals surface area (Å²) in [4.78, 5) is 12.2. The number of nitrogens with one attached hydrogen (secondary N) is 2. The van der Waals surface area contributed by atoms with Gasteiger partial charge in [0.15, 0.2) is 4.34 Å². The predicted molar refractivity (Wildman–Crippen MR) is 112 cm³/mol. The average molecular weight is 439 g/mol. The van der Waals surface area contributed by atoms with Crippen LogP contribution in [0.5, 0.6) is 5.75 Å². The predicted octanol–water partition coefficient (Wildman–Crippen LogP) is 5.20. The van der Waals surface area contributed by atoms with Gasteiger partial charge in [0.05, 0.1) is 12.8 Å². The van der Waals surface area contributed by atoms with Gasteiger partial charge >= 0.3 is 0 Å². The molecule has 0 atom stereocenters. The van der Waals surface area contributed by atoms with E-state index in [9.17, 15) is 9.18 Å². The van der Waals surface area contributed by atoms with E-state index in [0.29, 0.717) is 33.8 Å². The van der Waals surface area contributed by atoms with Gasteiger partial charge in [0.1, 0.15) is 11.6 Å². The summed E-state index contributed by atoms with van der Waals surface area (Å²) in [5.74, 6) is 0.640. The number of amides is 1. The molecular formula is C18H16ClFN4O2S2. The minimum Gasteiger partial charge on any atom is -0.495 e. The Morgan fingerprint density at radius 1 is 1.25 bits per heavy atom. The summed E-state index contributed by atoms with van der Waals surface area (Å²) in [5, 5.41) is 15.1. The monoisotopic (exact) mass is 438 g/mol. The first-order valence-electron chi connectivity index (χ1n) is 8.16. The molecule has 3 aromatic rings. The largest absolute Gasteiger partial charge is 0.495 e. The van der Waals surface area contributed by atoms with Crippen LogP contribution in [0.3, 0.4) is 0 Å². The molecule has 0 spiro atoms. The second kappa shape index (κ2) is 9.72. The number of hydrogen-bond donors (Lipinski definition) is 2. The maximum atomic E-state index is 12.9. The Bertz CT molecular complexity index is 953. The lowest BCUT2D eigenvalue weighted by molar-refractivity contribution is -0.115. The van der Waals surface area contributed by atoms with Crippen LogP contribution in [-0.4, -0.2) is 29.0 Å². The summed E-state index contributed by atoms with van der Waals surface area (Å²) < 4.78 is 18.9. The van der Waals surface area contributed by atoms with Crippen molar-refractivity contribution in [2.45, 2.75) is 10.8 Å². The molecule has 0 saturated heterocycles. The number of carbonyl (C=O) groups excluding carboxylic acids is 1. The van der Waals surface area contributed by atoms with Gasteiger partial charge in [-0.15, -0.1) is 10.2 Å². The van der Waals surface area contributed by atoms with Gasteiger partial charge in [-0.1, -0.05) is 34.7 Å². The van der Waals surface area contributed by atoms with Gasteiger partial charge in [-0.2, -0.15) is 0 Å². The lowest BCUT2D eigenvalue weighted by Crippen LogP contribution is -2.12. The molecular weight excluding hydrogens is 423 g/mol. The van der Waals surface area contributed by atoms with E-state index in [1.54, 1.807) is 30.3 Å². The fraction of sp³-hybridized carbons (Fsp3) is 0.167. The molecule has 146 valence electrons. The van der Waals surface area contributed by atoms with Crippen LogP contribution in [0, 0.1) is 5.82 Å². The Labute approximate surface area is 174 Å². The lowest BCUT2D eigenvalue weighted by Gasteiger charge is -2.10. The van der Waals surface area contributed by atoms with Crippen molar-refractivity contribution in [2.24, 2.45) is 0 Å². The maximum absolute atomic E-state index is 12.9. The van der Waals surface area contributed by atoms with E-state index in [1.807, 2.05) is 0 Å². The molecule has 28 heavy (non-hydrogen) atoms. The Hall–Kier alpha value is -2.36. The zero-order chi connectivity index (χ0) is 19.9. The highest BCUT2D eigenvalue weighted by molar-refractivity contribution is 8.01. The summed E-state index contributed by atoms with van der Waals surface area (Å²) in [6.07, 6.45) is 0.292. The number of anilines is 3. The quantitative estimate of drug-likeness (QED) is 0.470. The summed E-state index contributed by atoms with van der Waals surface area (Å²) in [5.41, 5.74) is 1.26. The zero-order valence-corrected chi connectivity index (χ0v) is 17.1. The molecule has 2 aromatic carbocycles. The van der Waals surface area contributed by atoms with Crippen molar-refractivity contribution in [1.29, 1.82) is 0 Å². The Morgan fingerprint density at radius 2 is 2.04 bits per heavy atom. The molecule has 1 heterocycles. The molecule has 0 unspecified atom stereocenters. The van der Waals surface area contributed by atoms with Gasteiger partial charge in [-0.3, -0.25) is 4.79 Å². The fourth-order valence-electron chi connectivity index (χ4n) is 2.20. The summed E-state index contributed by atoms with van der Waals surface area (Å²) in [7, 11) is 1.53. The molecule has 10 heteroatoms. The van der Waals surface area contributed by atoms with Crippen LogP contribution in [0.1, 0.15) is 6.42 Å². The molecule has 1 aromatic heterocycles. The molecule has 0 aliphatic heterocycles. The van der Waals surface area contributed by atoms with Crippen LogP contribution >= 0.6 is 34.7 Å².